The van der Waals surface area contributed by atoms with Crippen LogP contribution in [0.2, 0.25) is 0 Å². The summed E-state index contributed by atoms with van der Waals surface area (Å²) in [7, 11) is -1.96. The Labute approximate surface area is 105 Å². The number of nitrogens with two attached hydrogens (primary N) is 1. The summed E-state index contributed by atoms with van der Waals surface area (Å²) in [4.78, 5) is 0.230. The maximum atomic E-state index is 12.4. The van der Waals surface area contributed by atoms with Gasteiger partial charge in [0.25, 0.3) is 10.0 Å². The lowest BCUT2D eigenvalue weighted by molar-refractivity contribution is 0.438. The summed E-state index contributed by atoms with van der Waals surface area (Å²) in [6.07, 6.45) is 2.92. The molecule has 1 aliphatic rings. The lowest BCUT2D eigenvalue weighted by Crippen LogP contribution is -2.43. The Morgan fingerprint density at radius 1 is 1.65 bits per heavy atom. The Hall–Kier alpha value is -0.990. The third-order valence-electron chi connectivity index (χ3n) is 2.88. The first-order chi connectivity index (χ1) is 7.94. The van der Waals surface area contributed by atoms with Crippen molar-refractivity contribution in [3.8, 4) is 0 Å². The molecular weight excluding hydrogens is 260 g/mol. The molecular formula is C9H14N4O2S2. The standard InChI is InChI=1S/C9H14N4O2S2/c1-12-8(4-5-11-12)17(14,15)13-6-2-3-7(13)9(10)16/h4-5,7H,2-3,6H2,1H3,(H2,10,16). The largest absolute Gasteiger partial charge is 0.392 e. The number of hydrogen-bond acceptors (Lipinski definition) is 4. The first-order valence-electron chi connectivity index (χ1n) is 5.24. The van der Waals surface area contributed by atoms with Crippen LogP contribution in [0.25, 0.3) is 0 Å². The van der Waals surface area contributed by atoms with Crippen LogP contribution in [0.3, 0.4) is 0 Å². The van der Waals surface area contributed by atoms with E-state index in [4.69, 9.17) is 18.0 Å². The maximum Gasteiger partial charge on any atom is 0.260 e. The number of nitrogens with zero attached hydrogens (tertiary/aromatic N) is 3. The van der Waals surface area contributed by atoms with Crippen molar-refractivity contribution in [1.29, 1.82) is 0 Å². The van der Waals surface area contributed by atoms with E-state index in [0.717, 1.165) is 6.42 Å². The van der Waals surface area contributed by atoms with Crippen LogP contribution in [0.4, 0.5) is 0 Å². The van der Waals surface area contributed by atoms with E-state index < -0.39 is 10.0 Å². The summed E-state index contributed by atoms with van der Waals surface area (Å²) >= 11 is 4.91. The summed E-state index contributed by atoms with van der Waals surface area (Å²) < 4.78 is 27.5. The molecule has 17 heavy (non-hydrogen) atoms. The SMILES string of the molecule is Cn1nccc1S(=O)(=O)N1CCCC1C(N)=S. The second kappa shape index (κ2) is 4.35. The topological polar surface area (TPSA) is 81.2 Å². The highest BCUT2D eigenvalue weighted by Crippen LogP contribution is 2.25. The molecule has 0 amide bonds. The average Bonchev–Trinajstić information content (AvgIpc) is 2.84. The Balaban J connectivity index is 2.40. The fourth-order valence-electron chi connectivity index (χ4n) is 2.05. The highest BCUT2D eigenvalue weighted by Gasteiger charge is 2.38. The molecule has 0 bridgehead atoms. The van der Waals surface area contributed by atoms with E-state index in [9.17, 15) is 8.42 Å². The second-order valence-electron chi connectivity index (χ2n) is 3.97. The minimum Gasteiger partial charge on any atom is -0.392 e. The van der Waals surface area contributed by atoms with E-state index in [1.165, 1.54) is 21.3 Å². The molecule has 8 heteroatoms. The van der Waals surface area contributed by atoms with Crippen molar-refractivity contribution in [3.05, 3.63) is 12.3 Å². The van der Waals surface area contributed by atoms with E-state index in [1.807, 2.05) is 0 Å². The zero-order chi connectivity index (χ0) is 12.6. The van der Waals surface area contributed by atoms with Gasteiger partial charge in [-0.2, -0.15) is 9.40 Å². The summed E-state index contributed by atoms with van der Waals surface area (Å²) in [5.41, 5.74) is 5.58. The Bertz CT molecular complexity index is 537. The quantitative estimate of drug-likeness (QED) is 0.776. The highest BCUT2D eigenvalue weighted by atomic mass is 32.2. The Morgan fingerprint density at radius 3 is 2.88 bits per heavy atom. The first kappa shape index (κ1) is 12.5. The molecule has 2 heterocycles. The molecule has 1 saturated heterocycles. The van der Waals surface area contributed by atoms with Crippen molar-refractivity contribution < 1.29 is 8.42 Å². The van der Waals surface area contributed by atoms with Crippen LogP contribution < -0.4 is 5.73 Å². The molecule has 2 rings (SSSR count). The molecule has 0 radical (unpaired) electrons. The Morgan fingerprint density at radius 2 is 2.35 bits per heavy atom. The molecule has 2 N–H and O–H groups in total. The normalized spacial score (nSPS) is 21.8. The fourth-order valence-corrected chi connectivity index (χ4v) is 4.14. The summed E-state index contributed by atoms with van der Waals surface area (Å²) in [5, 5.41) is 4.04. The van der Waals surface area contributed by atoms with E-state index >= 15 is 0 Å². The lowest BCUT2D eigenvalue weighted by atomic mass is 10.2. The molecule has 6 nitrogen and oxygen atoms in total. The number of hydrogen-bond donors (Lipinski definition) is 1. The van der Waals surface area contributed by atoms with Crippen LogP contribution >= 0.6 is 12.2 Å². The van der Waals surface area contributed by atoms with E-state index in [2.05, 4.69) is 5.10 Å². The van der Waals surface area contributed by atoms with Gasteiger partial charge in [-0.3, -0.25) is 4.68 Å². The molecule has 1 unspecified atom stereocenters. The monoisotopic (exact) mass is 274 g/mol. The van der Waals surface area contributed by atoms with Gasteiger partial charge in [0.1, 0.15) is 0 Å². The van der Waals surface area contributed by atoms with Crippen molar-refractivity contribution in [2.45, 2.75) is 23.9 Å². The van der Waals surface area contributed by atoms with Gasteiger partial charge >= 0.3 is 0 Å². The van der Waals surface area contributed by atoms with E-state index in [0.29, 0.717) is 13.0 Å². The van der Waals surface area contributed by atoms with Crippen molar-refractivity contribution in [1.82, 2.24) is 14.1 Å². The first-order valence-corrected chi connectivity index (χ1v) is 7.08. The summed E-state index contributed by atoms with van der Waals surface area (Å²) in [6, 6.07) is 1.11. The smallest absolute Gasteiger partial charge is 0.260 e. The van der Waals surface area contributed by atoms with Gasteiger partial charge < -0.3 is 5.73 Å². The van der Waals surface area contributed by atoms with Crippen LogP contribution in [0.15, 0.2) is 17.3 Å². The number of sulfonamides is 1. The van der Waals surface area contributed by atoms with Crippen molar-refractivity contribution in [2.75, 3.05) is 6.54 Å². The molecule has 94 valence electrons. The maximum absolute atomic E-state index is 12.4. The van der Waals surface area contributed by atoms with Gasteiger partial charge in [0.2, 0.25) is 0 Å². The van der Waals surface area contributed by atoms with Gasteiger partial charge in [0.15, 0.2) is 5.03 Å². The van der Waals surface area contributed by atoms with Gasteiger partial charge in [-0.05, 0) is 18.9 Å². The van der Waals surface area contributed by atoms with E-state index in [-0.39, 0.29) is 16.1 Å². The van der Waals surface area contributed by atoms with Crippen molar-refractivity contribution >= 4 is 27.2 Å². The molecule has 0 saturated carbocycles. The molecule has 1 fully saturated rings. The summed E-state index contributed by atoms with van der Waals surface area (Å²) in [5.74, 6) is 0. The third kappa shape index (κ3) is 2.07. The van der Waals surface area contributed by atoms with Crippen LogP contribution in [-0.2, 0) is 17.1 Å². The second-order valence-corrected chi connectivity index (χ2v) is 6.28. The van der Waals surface area contributed by atoms with Crippen LogP contribution in [0, 0.1) is 0 Å². The molecule has 1 atom stereocenters. The number of rotatable bonds is 3. The minimum atomic E-state index is -3.55. The Kier molecular flexibility index (Phi) is 3.19. The zero-order valence-corrected chi connectivity index (χ0v) is 11.0. The van der Waals surface area contributed by atoms with E-state index in [1.54, 1.807) is 7.05 Å². The fraction of sp³-hybridized carbons (Fsp3) is 0.556. The van der Waals surface area contributed by atoms with Crippen LogP contribution in [0.1, 0.15) is 12.8 Å². The zero-order valence-electron chi connectivity index (χ0n) is 9.41. The lowest BCUT2D eigenvalue weighted by Gasteiger charge is -2.22. The van der Waals surface area contributed by atoms with Crippen molar-refractivity contribution in [2.24, 2.45) is 12.8 Å². The van der Waals surface area contributed by atoms with Crippen LogP contribution in [-0.4, -0.2) is 40.1 Å². The number of aryl methyl sites for hydroxylation is 1. The predicted molar refractivity (Wildman–Crippen MR) is 66.9 cm³/mol. The van der Waals surface area contributed by atoms with Gasteiger partial charge in [-0.25, -0.2) is 8.42 Å². The average molecular weight is 274 g/mol. The molecule has 0 aliphatic carbocycles. The molecule has 0 aromatic carbocycles. The highest BCUT2D eigenvalue weighted by molar-refractivity contribution is 7.89. The molecule has 0 spiro atoms. The number of aromatic nitrogens is 2. The van der Waals surface area contributed by atoms with Crippen LogP contribution in [0.5, 0.6) is 0 Å². The van der Waals surface area contributed by atoms with Crippen molar-refractivity contribution in [3.63, 3.8) is 0 Å². The third-order valence-corrected chi connectivity index (χ3v) is 5.14. The minimum absolute atomic E-state index is 0.167. The van der Waals surface area contributed by atoms with Gasteiger partial charge in [0, 0.05) is 13.6 Å². The van der Waals surface area contributed by atoms with Gasteiger partial charge in [-0.1, -0.05) is 12.2 Å². The number of thiocarbonyl (C=S) groups is 1. The van der Waals surface area contributed by atoms with Gasteiger partial charge in [0.05, 0.1) is 17.2 Å². The molecule has 1 aromatic rings. The van der Waals surface area contributed by atoms with Gasteiger partial charge in [-0.15, -0.1) is 0 Å². The predicted octanol–water partition coefficient (Wildman–Crippen LogP) is -0.141. The summed E-state index contributed by atoms with van der Waals surface area (Å²) in [6.45, 7) is 0.454. The molecule has 1 aliphatic heterocycles. The molecule has 1 aromatic heterocycles.